The lowest BCUT2D eigenvalue weighted by Gasteiger charge is -2.50. The first-order chi connectivity index (χ1) is 31.8. The van der Waals surface area contributed by atoms with Gasteiger partial charge in [0.1, 0.15) is 5.58 Å². The van der Waals surface area contributed by atoms with Gasteiger partial charge in [0, 0.05) is 16.5 Å². The molecule has 2 nitrogen and oxygen atoms in total. The maximum Gasteiger partial charge on any atom is 0.159 e. The first kappa shape index (κ1) is 36.5. The summed E-state index contributed by atoms with van der Waals surface area (Å²) in [5.41, 5.74) is 18.6. The van der Waals surface area contributed by atoms with Crippen molar-refractivity contribution in [3.63, 3.8) is 0 Å². The van der Waals surface area contributed by atoms with Crippen molar-refractivity contribution in [2.75, 3.05) is 4.90 Å². The number of para-hydroxylation sites is 3. The first-order valence-electron chi connectivity index (χ1n) is 22.2. The number of fused-ring (bicyclic) bond motifs is 8. The highest BCUT2D eigenvalue weighted by atomic mass is 16.3. The number of furan rings is 1. The molecular weight excluding hydrogens is 775 g/mol. The summed E-state index contributed by atoms with van der Waals surface area (Å²) in [4.78, 5) is 2.44. The molecule has 10 aromatic carbocycles. The van der Waals surface area contributed by atoms with Gasteiger partial charge in [0.05, 0.1) is 22.2 Å². The minimum Gasteiger partial charge on any atom is -0.454 e. The van der Waals surface area contributed by atoms with E-state index in [1.54, 1.807) is 0 Å². The van der Waals surface area contributed by atoms with E-state index in [2.05, 4.69) is 254 Å². The number of nitrogens with zero attached hydrogens (tertiary/aromatic N) is 1. The van der Waals surface area contributed by atoms with E-state index >= 15 is 0 Å². The molecule has 0 amide bonds. The molecule has 0 radical (unpaired) electrons. The molecule has 64 heavy (non-hydrogen) atoms. The standard InChI is InChI=1S/C62H41NO/c1-4-20-42(21-5-1)43-38-40-46(41-39-43)63(57-36-19-29-50-48-27-11-17-37-58(48)64-60(50)57)56-35-16-15-33-54(56)61(44-22-6-2-7-23-44)52-31-13-14-32-53(52)62(45-24-8-3-9-25-45)51-30-12-10-26-47(51)49-28-18-34-55(61)59(49)62/h1-41H. The van der Waals surface area contributed by atoms with Gasteiger partial charge < -0.3 is 9.32 Å². The van der Waals surface area contributed by atoms with E-state index in [1.807, 2.05) is 0 Å². The molecule has 0 aliphatic heterocycles. The van der Waals surface area contributed by atoms with Crippen LogP contribution in [0.4, 0.5) is 17.1 Å². The topological polar surface area (TPSA) is 16.4 Å². The van der Waals surface area contributed by atoms with Gasteiger partial charge in [-0.2, -0.15) is 0 Å². The van der Waals surface area contributed by atoms with Crippen LogP contribution < -0.4 is 4.90 Å². The highest BCUT2D eigenvalue weighted by Crippen LogP contribution is 2.66. The molecule has 0 spiro atoms. The molecule has 300 valence electrons. The van der Waals surface area contributed by atoms with Crippen molar-refractivity contribution in [1.29, 1.82) is 0 Å². The molecule has 0 bridgehead atoms. The Morgan fingerprint density at radius 1 is 0.312 bits per heavy atom. The maximum absolute atomic E-state index is 6.90. The van der Waals surface area contributed by atoms with Gasteiger partial charge in [0.15, 0.2) is 5.58 Å². The largest absolute Gasteiger partial charge is 0.454 e. The second kappa shape index (κ2) is 14.2. The van der Waals surface area contributed by atoms with Crippen LogP contribution in [0.5, 0.6) is 0 Å². The number of rotatable bonds is 7. The molecule has 11 aromatic rings. The molecule has 2 unspecified atom stereocenters. The third-order valence-corrected chi connectivity index (χ3v) is 14.0. The summed E-state index contributed by atoms with van der Waals surface area (Å²) in [6.07, 6.45) is 0. The van der Waals surface area contributed by atoms with Crippen molar-refractivity contribution in [2.24, 2.45) is 0 Å². The number of hydrogen-bond donors (Lipinski definition) is 0. The Morgan fingerprint density at radius 3 is 1.56 bits per heavy atom. The van der Waals surface area contributed by atoms with Crippen LogP contribution in [-0.4, -0.2) is 0 Å². The summed E-state index contributed by atoms with van der Waals surface area (Å²) in [6, 6.07) is 91.5. The van der Waals surface area contributed by atoms with Crippen LogP contribution in [0.3, 0.4) is 0 Å². The first-order valence-corrected chi connectivity index (χ1v) is 22.2. The SMILES string of the molecule is c1ccc(-c2ccc(N(c3ccccc3C3(c4ccccc4)c4ccccc4C4(c5ccccc5)c5ccccc5-c5cccc3c54)c3cccc4c3oc3ccccc34)cc2)cc1. The smallest absolute Gasteiger partial charge is 0.159 e. The monoisotopic (exact) mass is 815 g/mol. The molecule has 0 saturated heterocycles. The van der Waals surface area contributed by atoms with E-state index in [4.69, 9.17) is 4.42 Å². The zero-order valence-corrected chi connectivity index (χ0v) is 35.0. The van der Waals surface area contributed by atoms with E-state index in [9.17, 15) is 0 Å². The third-order valence-electron chi connectivity index (χ3n) is 14.0. The second-order valence-electron chi connectivity index (χ2n) is 17.1. The van der Waals surface area contributed by atoms with Crippen LogP contribution >= 0.6 is 0 Å². The zero-order chi connectivity index (χ0) is 42.2. The minimum atomic E-state index is -0.760. The van der Waals surface area contributed by atoms with Crippen LogP contribution in [0.2, 0.25) is 0 Å². The molecule has 2 heteroatoms. The predicted molar refractivity (Wildman–Crippen MR) is 263 cm³/mol. The molecule has 2 aliphatic carbocycles. The summed E-state index contributed by atoms with van der Waals surface area (Å²) in [5.74, 6) is 0. The highest BCUT2D eigenvalue weighted by Gasteiger charge is 2.58. The molecule has 2 aliphatic rings. The number of benzene rings is 10. The van der Waals surface area contributed by atoms with Gasteiger partial charge in [-0.25, -0.2) is 0 Å². The average molecular weight is 816 g/mol. The summed E-state index contributed by atoms with van der Waals surface area (Å²) in [6.45, 7) is 0. The lowest BCUT2D eigenvalue weighted by molar-refractivity contribution is 0.627. The van der Waals surface area contributed by atoms with Gasteiger partial charge in [-0.15, -0.1) is 0 Å². The molecule has 1 heterocycles. The van der Waals surface area contributed by atoms with Gasteiger partial charge in [-0.05, 0) is 97.1 Å². The molecule has 0 saturated carbocycles. The van der Waals surface area contributed by atoms with Crippen molar-refractivity contribution >= 4 is 39.0 Å². The Morgan fingerprint density at radius 2 is 0.812 bits per heavy atom. The van der Waals surface area contributed by atoms with E-state index in [1.165, 1.54) is 61.2 Å². The molecular formula is C62H41NO. The molecule has 2 atom stereocenters. The Kier molecular flexibility index (Phi) is 8.07. The van der Waals surface area contributed by atoms with Crippen molar-refractivity contribution in [3.8, 4) is 22.3 Å². The quantitative estimate of drug-likeness (QED) is 0.159. The van der Waals surface area contributed by atoms with Gasteiger partial charge in [0.25, 0.3) is 0 Å². The lowest BCUT2D eigenvalue weighted by Crippen LogP contribution is -2.44. The Bertz CT molecular complexity index is 3550. The van der Waals surface area contributed by atoms with Crippen molar-refractivity contribution in [2.45, 2.75) is 10.8 Å². The van der Waals surface area contributed by atoms with Crippen molar-refractivity contribution in [3.05, 3.63) is 293 Å². The fourth-order valence-electron chi connectivity index (χ4n) is 11.6. The predicted octanol–water partition coefficient (Wildman–Crippen LogP) is 15.8. The maximum atomic E-state index is 6.90. The van der Waals surface area contributed by atoms with Crippen LogP contribution in [0.1, 0.15) is 44.5 Å². The average Bonchev–Trinajstić information content (AvgIpc) is 3.91. The van der Waals surface area contributed by atoms with E-state index in [-0.39, 0.29) is 0 Å². The van der Waals surface area contributed by atoms with E-state index in [0.29, 0.717) is 0 Å². The fourth-order valence-corrected chi connectivity index (χ4v) is 11.6. The molecule has 0 N–H and O–H groups in total. The summed E-state index contributed by atoms with van der Waals surface area (Å²) >= 11 is 0. The minimum absolute atomic E-state index is 0.541. The normalized spacial score (nSPS) is 16.9. The van der Waals surface area contributed by atoms with Gasteiger partial charge in [0.2, 0.25) is 0 Å². The summed E-state index contributed by atoms with van der Waals surface area (Å²) in [5, 5.41) is 2.19. The Balaban J connectivity index is 1.16. The second-order valence-corrected chi connectivity index (χ2v) is 17.1. The molecule has 1 aromatic heterocycles. The van der Waals surface area contributed by atoms with Crippen LogP contribution in [0, 0.1) is 0 Å². The van der Waals surface area contributed by atoms with E-state index < -0.39 is 10.8 Å². The van der Waals surface area contributed by atoms with Crippen molar-refractivity contribution < 1.29 is 4.42 Å². The highest BCUT2D eigenvalue weighted by molar-refractivity contribution is 6.10. The van der Waals surface area contributed by atoms with Crippen molar-refractivity contribution in [1.82, 2.24) is 0 Å². The Labute approximate surface area is 373 Å². The van der Waals surface area contributed by atoms with Gasteiger partial charge >= 0.3 is 0 Å². The van der Waals surface area contributed by atoms with Gasteiger partial charge in [-0.3, -0.25) is 0 Å². The van der Waals surface area contributed by atoms with Gasteiger partial charge in [-0.1, -0.05) is 218 Å². The third kappa shape index (κ3) is 4.97. The van der Waals surface area contributed by atoms with Crippen LogP contribution in [0.25, 0.3) is 44.2 Å². The Hall–Kier alpha value is -8.20. The molecule has 0 fully saturated rings. The molecule has 13 rings (SSSR count). The number of hydrogen-bond acceptors (Lipinski definition) is 2. The summed E-state index contributed by atoms with van der Waals surface area (Å²) in [7, 11) is 0. The summed E-state index contributed by atoms with van der Waals surface area (Å²) < 4.78 is 6.90. The fraction of sp³-hybridized carbons (Fsp3) is 0.0323. The zero-order valence-electron chi connectivity index (χ0n) is 35.0. The van der Waals surface area contributed by atoms with Crippen LogP contribution in [-0.2, 0) is 10.8 Å². The number of anilines is 3. The van der Waals surface area contributed by atoms with Crippen LogP contribution in [0.15, 0.2) is 253 Å². The van der Waals surface area contributed by atoms with E-state index in [0.717, 1.165) is 44.6 Å². The lowest BCUT2D eigenvalue weighted by atomic mass is 9.51.